The average Bonchev–Trinajstić information content (AvgIpc) is 2.64. The summed E-state index contributed by atoms with van der Waals surface area (Å²) in [5.74, 6) is -0.168. The van der Waals surface area contributed by atoms with Crippen molar-refractivity contribution in [2.75, 3.05) is 33.7 Å². The zero-order valence-corrected chi connectivity index (χ0v) is 15.1. The third-order valence-electron chi connectivity index (χ3n) is 4.39. The number of amides is 3. The minimum atomic E-state index is -0.126. The molecular weight excluding hydrogens is 318 g/mol. The molecule has 1 heterocycles. The Hall–Kier alpha value is -2.37. The van der Waals surface area contributed by atoms with Gasteiger partial charge in [-0.1, -0.05) is 12.1 Å². The van der Waals surface area contributed by atoms with Crippen LogP contribution in [0.15, 0.2) is 24.3 Å². The number of piperidine rings is 1. The van der Waals surface area contributed by atoms with E-state index in [1.807, 2.05) is 17.0 Å². The van der Waals surface area contributed by atoms with Gasteiger partial charge in [0, 0.05) is 39.2 Å². The first kappa shape index (κ1) is 19.0. The normalized spacial score (nSPS) is 14.1. The average molecular weight is 345 g/mol. The molecule has 1 aliphatic rings. The second kappa shape index (κ2) is 9.20. The lowest BCUT2D eigenvalue weighted by Crippen LogP contribution is -2.42. The highest BCUT2D eigenvalue weighted by Crippen LogP contribution is 2.09. The zero-order chi connectivity index (χ0) is 18.2. The van der Waals surface area contributed by atoms with E-state index < -0.39 is 0 Å². The number of carbonyl (C=O) groups is 3. The summed E-state index contributed by atoms with van der Waals surface area (Å²) in [5.41, 5.74) is 1.62. The van der Waals surface area contributed by atoms with Crippen LogP contribution < -0.4 is 5.32 Å². The van der Waals surface area contributed by atoms with Crippen molar-refractivity contribution in [3.63, 3.8) is 0 Å². The molecule has 2 rings (SSSR count). The molecule has 25 heavy (non-hydrogen) atoms. The van der Waals surface area contributed by atoms with E-state index >= 15 is 0 Å². The quantitative estimate of drug-likeness (QED) is 0.848. The van der Waals surface area contributed by atoms with Crippen LogP contribution in [0.4, 0.5) is 0 Å². The number of hydrogen-bond donors (Lipinski definition) is 1. The van der Waals surface area contributed by atoms with Crippen molar-refractivity contribution in [3.8, 4) is 0 Å². The molecule has 1 aromatic carbocycles. The molecule has 0 saturated carbocycles. The van der Waals surface area contributed by atoms with Crippen LogP contribution in [0.2, 0.25) is 0 Å². The molecule has 0 bridgehead atoms. The van der Waals surface area contributed by atoms with Gasteiger partial charge in [0.2, 0.25) is 11.8 Å². The van der Waals surface area contributed by atoms with Crippen molar-refractivity contribution < 1.29 is 14.4 Å². The highest BCUT2D eigenvalue weighted by Gasteiger charge is 2.16. The topological polar surface area (TPSA) is 69.7 Å². The van der Waals surface area contributed by atoms with Crippen molar-refractivity contribution in [1.82, 2.24) is 15.1 Å². The van der Waals surface area contributed by atoms with Crippen LogP contribution in [-0.2, 0) is 16.0 Å². The molecule has 6 heteroatoms. The molecule has 136 valence electrons. The van der Waals surface area contributed by atoms with E-state index in [1.165, 1.54) is 11.3 Å². The predicted molar refractivity (Wildman–Crippen MR) is 96.2 cm³/mol. The van der Waals surface area contributed by atoms with E-state index in [2.05, 4.69) is 5.32 Å². The number of benzene rings is 1. The van der Waals surface area contributed by atoms with Gasteiger partial charge in [0.1, 0.15) is 0 Å². The highest BCUT2D eigenvalue weighted by molar-refractivity contribution is 5.93. The van der Waals surface area contributed by atoms with Crippen molar-refractivity contribution in [3.05, 3.63) is 35.4 Å². The van der Waals surface area contributed by atoms with Crippen molar-refractivity contribution in [2.24, 2.45) is 0 Å². The maximum Gasteiger partial charge on any atom is 0.253 e. The number of nitrogens with one attached hydrogen (secondary N) is 1. The van der Waals surface area contributed by atoms with Crippen LogP contribution in [0.25, 0.3) is 0 Å². The molecule has 0 aliphatic carbocycles. The second-order valence-corrected chi connectivity index (χ2v) is 6.61. The number of hydrogen-bond acceptors (Lipinski definition) is 3. The fourth-order valence-corrected chi connectivity index (χ4v) is 2.85. The van der Waals surface area contributed by atoms with Crippen LogP contribution >= 0.6 is 0 Å². The Kier molecular flexibility index (Phi) is 6.98. The van der Waals surface area contributed by atoms with Crippen LogP contribution in [0.3, 0.4) is 0 Å². The highest BCUT2D eigenvalue weighted by atomic mass is 16.2. The second-order valence-electron chi connectivity index (χ2n) is 6.61. The summed E-state index contributed by atoms with van der Waals surface area (Å²) in [6.07, 6.45) is 4.18. The third-order valence-corrected chi connectivity index (χ3v) is 4.39. The number of carbonyl (C=O) groups excluding carboxylic acids is 3. The van der Waals surface area contributed by atoms with Gasteiger partial charge in [-0.2, -0.15) is 0 Å². The number of likely N-dealkylation sites (tertiary alicyclic amines) is 1. The molecule has 0 radical (unpaired) electrons. The third kappa shape index (κ3) is 5.89. The Morgan fingerprint density at radius 1 is 1.04 bits per heavy atom. The number of nitrogens with zero attached hydrogens (tertiary/aromatic N) is 2. The molecular formula is C19H27N3O3. The first-order chi connectivity index (χ1) is 12.0. The molecule has 1 saturated heterocycles. The van der Waals surface area contributed by atoms with E-state index in [1.54, 1.807) is 26.2 Å². The molecule has 1 aliphatic heterocycles. The Labute approximate surface area is 149 Å². The SMILES string of the molecule is CN(C)C(=O)c1ccc(CCC(=O)NCC(=O)N2CCCCC2)cc1. The van der Waals surface area contributed by atoms with Crippen LogP contribution in [0, 0.1) is 0 Å². The van der Waals surface area contributed by atoms with Gasteiger partial charge >= 0.3 is 0 Å². The standard InChI is InChI=1S/C19H27N3O3/c1-21(2)19(25)16-9-6-15(7-10-16)8-11-17(23)20-14-18(24)22-12-4-3-5-13-22/h6-7,9-10H,3-5,8,11-14H2,1-2H3,(H,20,23). The summed E-state index contributed by atoms with van der Waals surface area (Å²) in [6, 6.07) is 7.27. The Bertz CT molecular complexity index is 605. The monoisotopic (exact) mass is 345 g/mol. The number of aryl methyl sites for hydroxylation is 1. The predicted octanol–water partition coefficient (Wildman–Crippen LogP) is 1.45. The summed E-state index contributed by atoms with van der Waals surface area (Å²) >= 11 is 0. The first-order valence-corrected chi connectivity index (χ1v) is 8.82. The van der Waals surface area contributed by atoms with Gasteiger partial charge in [-0.3, -0.25) is 14.4 Å². The van der Waals surface area contributed by atoms with Gasteiger partial charge in [-0.25, -0.2) is 0 Å². The maximum atomic E-state index is 12.0. The fourth-order valence-electron chi connectivity index (χ4n) is 2.85. The van der Waals surface area contributed by atoms with Gasteiger partial charge in [0.15, 0.2) is 0 Å². The van der Waals surface area contributed by atoms with E-state index in [0.717, 1.165) is 31.5 Å². The van der Waals surface area contributed by atoms with Crippen molar-refractivity contribution in [2.45, 2.75) is 32.1 Å². The minimum absolute atomic E-state index is 0.000370. The molecule has 0 unspecified atom stereocenters. The minimum Gasteiger partial charge on any atom is -0.347 e. The molecule has 1 aromatic rings. The Morgan fingerprint density at radius 2 is 1.68 bits per heavy atom. The molecule has 3 amide bonds. The first-order valence-electron chi connectivity index (χ1n) is 8.82. The molecule has 1 N–H and O–H groups in total. The smallest absolute Gasteiger partial charge is 0.253 e. The van der Waals surface area contributed by atoms with E-state index in [0.29, 0.717) is 18.4 Å². The van der Waals surface area contributed by atoms with Crippen molar-refractivity contribution in [1.29, 1.82) is 0 Å². The summed E-state index contributed by atoms with van der Waals surface area (Å²) in [6.45, 7) is 1.68. The molecule has 1 fully saturated rings. The van der Waals surface area contributed by atoms with Crippen LogP contribution in [0.1, 0.15) is 41.6 Å². The van der Waals surface area contributed by atoms with Gasteiger partial charge < -0.3 is 15.1 Å². The maximum absolute atomic E-state index is 12.0. The summed E-state index contributed by atoms with van der Waals surface area (Å²) in [5, 5.41) is 2.70. The fraction of sp³-hybridized carbons (Fsp3) is 0.526. The van der Waals surface area contributed by atoms with E-state index in [-0.39, 0.29) is 24.3 Å². The lowest BCUT2D eigenvalue weighted by Gasteiger charge is -2.26. The summed E-state index contributed by atoms with van der Waals surface area (Å²) in [7, 11) is 3.43. The van der Waals surface area contributed by atoms with Gasteiger partial charge in [0.25, 0.3) is 5.91 Å². The van der Waals surface area contributed by atoms with E-state index in [4.69, 9.17) is 0 Å². The molecule has 0 aromatic heterocycles. The summed E-state index contributed by atoms with van der Waals surface area (Å²) in [4.78, 5) is 39.1. The number of rotatable bonds is 6. The largest absolute Gasteiger partial charge is 0.347 e. The van der Waals surface area contributed by atoms with Gasteiger partial charge in [-0.15, -0.1) is 0 Å². The zero-order valence-electron chi connectivity index (χ0n) is 15.1. The summed E-state index contributed by atoms with van der Waals surface area (Å²) < 4.78 is 0. The van der Waals surface area contributed by atoms with E-state index in [9.17, 15) is 14.4 Å². The Morgan fingerprint density at radius 3 is 2.28 bits per heavy atom. The van der Waals surface area contributed by atoms with Gasteiger partial charge in [0.05, 0.1) is 6.54 Å². The lowest BCUT2D eigenvalue weighted by molar-refractivity contribution is -0.133. The molecule has 0 atom stereocenters. The Balaban J connectivity index is 1.72. The van der Waals surface area contributed by atoms with Gasteiger partial charge in [-0.05, 0) is 43.4 Å². The molecule has 6 nitrogen and oxygen atoms in total. The molecule has 0 spiro atoms. The lowest BCUT2D eigenvalue weighted by atomic mass is 10.1. The van der Waals surface area contributed by atoms with Crippen LogP contribution in [0.5, 0.6) is 0 Å². The van der Waals surface area contributed by atoms with Crippen molar-refractivity contribution >= 4 is 17.7 Å². The van der Waals surface area contributed by atoms with Crippen LogP contribution in [-0.4, -0.2) is 61.3 Å².